The van der Waals surface area contributed by atoms with E-state index in [1.165, 1.54) is 0 Å². The number of nitrogens with zero attached hydrogens (tertiary/aromatic N) is 2. The Bertz CT molecular complexity index is 1420. The lowest BCUT2D eigenvalue weighted by Crippen LogP contribution is -2.24. The average Bonchev–Trinajstić information content (AvgIpc) is 3.33. The number of hydrogen-bond acceptors (Lipinski definition) is 3. The minimum absolute atomic E-state index is 0.0236. The molecule has 168 valence electrons. The van der Waals surface area contributed by atoms with Crippen molar-refractivity contribution in [1.82, 2.24) is 15.1 Å². The van der Waals surface area contributed by atoms with Crippen LogP contribution in [0.3, 0.4) is 0 Å². The van der Waals surface area contributed by atoms with E-state index in [1.54, 1.807) is 7.11 Å². The summed E-state index contributed by atoms with van der Waals surface area (Å²) in [6.07, 6.45) is 2.30. The number of carbonyl (C=O) groups is 1. The number of aromatic nitrogens is 2. The zero-order valence-corrected chi connectivity index (χ0v) is 18.9. The molecule has 1 amide bonds. The maximum absolute atomic E-state index is 12.9. The highest BCUT2D eigenvalue weighted by atomic mass is 16.5. The Morgan fingerprint density at radius 3 is 2.38 bits per heavy atom. The molecule has 1 aromatic heterocycles. The Balaban J connectivity index is 1.39. The van der Waals surface area contributed by atoms with Gasteiger partial charge in [0.1, 0.15) is 5.75 Å². The summed E-state index contributed by atoms with van der Waals surface area (Å²) in [5, 5.41) is 10.2. The van der Waals surface area contributed by atoms with Crippen LogP contribution in [-0.2, 0) is 17.8 Å². The van der Waals surface area contributed by atoms with Crippen LogP contribution in [0.2, 0.25) is 0 Å². The molecule has 0 radical (unpaired) electrons. The van der Waals surface area contributed by atoms with Crippen LogP contribution < -0.4 is 10.1 Å². The topological polar surface area (TPSA) is 56.1 Å². The molecule has 0 aliphatic rings. The summed E-state index contributed by atoms with van der Waals surface area (Å²) < 4.78 is 7.15. The number of para-hydroxylation sites is 1. The highest BCUT2D eigenvalue weighted by Crippen LogP contribution is 2.26. The molecule has 5 nitrogen and oxygen atoms in total. The van der Waals surface area contributed by atoms with Gasteiger partial charge in [-0.3, -0.25) is 4.79 Å². The zero-order chi connectivity index (χ0) is 23.3. The number of methoxy groups -OCH3 is 1. The number of rotatable bonds is 7. The Kier molecular flexibility index (Phi) is 6.08. The molecule has 5 aromatic rings. The zero-order valence-electron chi connectivity index (χ0n) is 18.9. The number of benzene rings is 4. The second-order valence-electron chi connectivity index (χ2n) is 8.10. The lowest BCUT2D eigenvalue weighted by molar-refractivity contribution is -0.120. The Morgan fingerprint density at radius 2 is 1.59 bits per heavy atom. The smallest absolute Gasteiger partial charge is 0.224 e. The van der Waals surface area contributed by atoms with Crippen LogP contribution in [-0.4, -0.2) is 22.8 Å². The largest absolute Gasteiger partial charge is 0.497 e. The fourth-order valence-electron chi connectivity index (χ4n) is 4.12. The van der Waals surface area contributed by atoms with Crippen molar-refractivity contribution in [2.24, 2.45) is 0 Å². The minimum Gasteiger partial charge on any atom is -0.497 e. The Hall–Kier alpha value is -4.38. The number of ether oxygens (including phenoxy) is 1. The summed E-state index contributed by atoms with van der Waals surface area (Å²) in [6.45, 7) is 0.387. The van der Waals surface area contributed by atoms with E-state index in [1.807, 2.05) is 89.7 Å². The lowest BCUT2D eigenvalue weighted by Gasteiger charge is -2.08. The van der Waals surface area contributed by atoms with Gasteiger partial charge in [0.25, 0.3) is 0 Å². The summed E-state index contributed by atoms with van der Waals surface area (Å²) in [7, 11) is 1.65. The van der Waals surface area contributed by atoms with Crippen molar-refractivity contribution in [2.75, 3.05) is 7.11 Å². The second kappa shape index (κ2) is 9.63. The van der Waals surface area contributed by atoms with E-state index in [2.05, 4.69) is 23.5 Å². The van der Waals surface area contributed by atoms with Crippen LogP contribution in [0.5, 0.6) is 5.75 Å². The molecular weight excluding hydrogens is 422 g/mol. The molecule has 5 heteroatoms. The molecule has 0 aliphatic carbocycles. The van der Waals surface area contributed by atoms with Crippen molar-refractivity contribution < 1.29 is 9.53 Å². The Morgan fingerprint density at radius 1 is 0.853 bits per heavy atom. The molecule has 0 atom stereocenters. The maximum Gasteiger partial charge on any atom is 0.224 e. The number of nitrogens with one attached hydrogen (secondary N) is 1. The SMILES string of the molecule is COc1ccc(-c2nn(-c3ccccc3)cc2CNC(=O)Cc2cccc3ccccc23)cc1. The normalized spacial score (nSPS) is 10.9. The van der Waals surface area contributed by atoms with Gasteiger partial charge < -0.3 is 10.1 Å². The van der Waals surface area contributed by atoms with Gasteiger partial charge in [0, 0.05) is 23.9 Å². The van der Waals surface area contributed by atoms with Crippen molar-refractivity contribution in [3.63, 3.8) is 0 Å². The maximum atomic E-state index is 12.9. The van der Waals surface area contributed by atoms with Crippen molar-refractivity contribution in [3.8, 4) is 22.7 Å². The van der Waals surface area contributed by atoms with Crippen molar-refractivity contribution >= 4 is 16.7 Å². The quantitative estimate of drug-likeness (QED) is 0.355. The van der Waals surface area contributed by atoms with E-state index in [0.717, 1.165) is 44.6 Å². The van der Waals surface area contributed by atoms with Crippen molar-refractivity contribution in [3.05, 3.63) is 114 Å². The van der Waals surface area contributed by atoms with Crippen LogP contribution in [0.15, 0.2) is 103 Å². The van der Waals surface area contributed by atoms with Crippen LogP contribution >= 0.6 is 0 Å². The molecule has 0 fully saturated rings. The van der Waals surface area contributed by atoms with E-state index < -0.39 is 0 Å². The first kappa shape index (κ1) is 21.5. The van der Waals surface area contributed by atoms with Gasteiger partial charge in [-0.25, -0.2) is 4.68 Å². The molecule has 0 saturated heterocycles. The highest BCUT2D eigenvalue weighted by Gasteiger charge is 2.14. The molecule has 0 aliphatic heterocycles. The fraction of sp³-hybridized carbons (Fsp3) is 0.103. The number of hydrogen-bond donors (Lipinski definition) is 1. The van der Waals surface area contributed by atoms with Gasteiger partial charge in [-0.15, -0.1) is 0 Å². The standard InChI is InChI=1S/C29H25N3O2/c1-34-26-16-14-22(15-17-26)29-24(20-32(31-29)25-11-3-2-4-12-25)19-30-28(33)18-23-10-7-9-21-8-5-6-13-27(21)23/h2-17,20H,18-19H2,1H3,(H,30,33). The molecule has 1 heterocycles. The molecule has 0 unspecified atom stereocenters. The van der Waals surface area contributed by atoms with E-state index in [4.69, 9.17) is 9.84 Å². The highest BCUT2D eigenvalue weighted by molar-refractivity contribution is 5.90. The number of fused-ring (bicyclic) bond motifs is 1. The molecular formula is C29H25N3O2. The van der Waals surface area contributed by atoms with Gasteiger partial charge >= 0.3 is 0 Å². The third-order valence-electron chi connectivity index (χ3n) is 5.88. The average molecular weight is 448 g/mol. The summed E-state index contributed by atoms with van der Waals surface area (Å²) >= 11 is 0. The van der Waals surface area contributed by atoms with Crippen LogP contribution in [0.25, 0.3) is 27.7 Å². The first-order valence-corrected chi connectivity index (χ1v) is 11.2. The van der Waals surface area contributed by atoms with E-state index in [0.29, 0.717) is 13.0 Å². The molecule has 0 spiro atoms. The van der Waals surface area contributed by atoms with Gasteiger partial charge in [0.15, 0.2) is 0 Å². The van der Waals surface area contributed by atoms with E-state index in [9.17, 15) is 4.79 Å². The summed E-state index contributed by atoms with van der Waals surface area (Å²) in [5.74, 6) is 0.765. The first-order chi connectivity index (χ1) is 16.7. The van der Waals surface area contributed by atoms with Crippen LogP contribution in [0.1, 0.15) is 11.1 Å². The Labute approximate surface area is 198 Å². The lowest BCUT2D eigenvalue weighted by atomic mass is 10.0. The van der Waals surface area contributed by atoms with Crippen LogP contribution in [0.4, 0.5) is 0 Å². The van der Waals surface area contributed by atoms with Crippen molar-refractivity contribution in [1.29, 1.82) is 0 Å². The molecule has 4 aromatic carbocycles. The second-order valence-corrected chi connectivity index (χ2v) is 8.10. The van der Waals surface area contributed by atoms with Gasteiger partial charge in [0.2, 0.25) is 5.91 Å². The minimum atomic E-state index is -0.0236. The third-order valence-corrected chi connectivity index (χ3v) is 5.88. The van der Waals surface area contributed by atoms with Gasteiger partial charge in [0.05, 0.1) is 24.9 Å². The number of amides is 1. The monoisotopic (exact) mass is 447 g/mol. The van der Waals surface area contributed by atoms with Crippen molar-refractivity contribution in [2.45, 2.75) is 13.0 Å². The third kappa shape index (κ3) is 4.55. The van der Waals surface area contributed by atoms with Crippen LogP contribution in [0, 0.1) is 0 Å². The molecule has 0 saturated carbocycles. The predicted octanol–water partition coefficient (Wildman–Crippen LogP) is 5.56. The molecule has 0 bridgehead atoms. The van der Waals surface area contributed by atoms with E-state index >= 15 is 0 Å². The molecule has 34 heavy (non-hydrogen) atoms. The van der Waals surface area contributed by atoms with E-state index in [-0.39, 0.29) is 5.91 Å². The van der Waals surface area contributed by atoms with Gasteiger partial charge in [-0.05, 0) is 52.7 Å². The molecule has 1 N–H and O–H groups in total. The predicted molar refractivity (Wildman–Crippen MR) is 135 cm³/mol. The fourth-order valence-corrected chi connectivity index (χ4v) is 4.12. The summed E-state index contributed by atoms with van der Waals surface area (Å²) in [5.41, 5.74) is 4.72. The number of carbonyl (C=O) groups excluding carboxylic acids is 1. The first-order valence-electron chi connectivity index (χ1n) is 11.2. The molecule has 5 rings (SSSR count). The van der Waals surface area contributed by atoms with Gasteiger partial charge in [-0.2, -0.15) is 5.10 Å². The summed E-state index contributed by atoms with van der Waals surface area (Å²) in [4.78, 5) is 12.9. The summed E-state index contributed by atoms with van der Waals surface area (Å²) in [6, 6.07) is 32.0. The van der Waals surface area contributed by atoms with Gasteiger partial charge in [-0.1, -0.05) is 60.7 Å².